The quantitative estimate of drug-likeness (QED) is 0.842. The Hall–Kier alpha value is -3.53. The third-order valence-electron chi connectivity index (χ3n) is 3.71. The summed E-state index contributed by atoms with van der Waals surface area (Å²) >= 11 is 0. The maximum absolute atomic E-state index is 12.6. The molecule has 1 saturated heterocycles. The van der Waals surface area contributed by atoms with E-state index >= 15 is 0 Å². The molecule has 0 unspecified atom stereocenters. The number of hydrogen-bond donors (Lipinski definition) is 2. The van der Waals surface area contributed by atoms with Gasteiger partial charge in [-0.05, 0) is 35.9 Å². The van der Waals surface area contributed by atoms with Gasteiger partial charge in [-0.15, -0.1) is 0 Å². The van der Waals surface area contributed by atoms with Crippen molar-refractivity contribution in [1.82, 2.24) is 5.32 Å². The Labute approximate surface area is 137 Å². The summed E-state index contributed by atoms with van der Waals surface area (Å²) in [6.07, 6.45) is 0. The molecule has 1 aliphatic rings. The van der Waals surface area contributed by atoms with Crippen LogP contribution >= 0.6 is 0 Å². The highest BCUT2D eigenvalue weighted by Gasteiger charge is 2.40. The van der Waals surface area contributed by atoms with Crippen LogP contribution in [0.3, 0.4) is 0 Å². The predicted molar refractivity (Wildman–Crippen MR) is 84.6 cm³/mol. The summed E-state index contributed by atoms with van der Waals surface area (Å²) in [5.74, 6) is -0.337. The first-order valence-electron chi connectivity index (χ1n) is 7.06. The van der Waals surface area contributed by atoms with E-state index in [1.165, 1.54) is 25.3 Å². The SMILES string of the molecule is COc1ccc([C@H]2NC(=O)N(c3cccc(C#N)c3)C2=O)cc1O. The van der Waals surface area contributed by atoms with Crippen molar-refractivity contribution >= 4 is 17.6 Å². The van der Waals surface area contributed by atoms with Crippen LogP contribution in [0.4, 0.5) is 10.5 Å². The van der Waals surface area contributed by atoms with Crippen molar-refractivity contribution in [1.29, 1.82) is 5.26 Å². The molecule has 2 aromatic carbocycles. The first kappa shape index (κ1) is 15.4. The molecule has 2 N–H and O–H groups in total. The molecule has 2 aromatic rings. The first-order valence-corrected chi connectivity index (χ1v) is 7.06. The van der Waals surface area contributed by atoms with Gasteiger partial charge in [-0.2, -0.15) is 5.26 Å². The molecule has 7 heteroatoms. The molecule has 24 heavy (non-hydrogen) atoms. The number of nitrogens with one attached hydrogen (secondary N) is 1. The smallest absolute Gasteiger partial charge is 0.329 e. The topological polar surface area (TPSA) is 103 Å². The number of rotatable bonds is 3. The second-order valence-corrected chi connectivity index (χ2v) is 5.15. The number of anilines is 1. The molecule has 1 heterocycles. The third-order valence-corrected chi connectivity index (χ3v) is 3.71. The van der Waals surface area contributed by atoms with Gasteiger partial charge in [0.1, 0.15) is 6.04 Å². The van der Waals surface area contributed by atoms with Crippen LogP contribution < -0.4 is 15.0 Å². The summed E-state index contributed by atoms with van der Waals surface area (Å²) in [4.78, 5) is 25.8. The fraction of sp³-hybridized carbons (Fsp3) is 0.118. The van der Waals surface area contributed by atoms with Crippen molar-refractivity contribution in [2.24, 2.45) is 0 Å². The number of hydrogen-bond acceptors (Lipinski definition) is 5. The van der Waals surface area contributed by atoms with Crippen LogP contribution in [-0.2, 0) is 4.79 Å². The summed E-state index contributed by atoms with van der Waals surface area (Å²) in [6, 6.07) is 11.2. The number of amides is 3. The molecule has 1 fully saturated rings. The molecule has 0 saturated carbocycles. The summed E-state index contributed by atoms with van der Waals surface area (Å²) in [5.41, 5.74) is 1.10. The molecular formula is C17H13N3O4. The Morgan fingerprint density at radius 3 is 2.71 bits per heavy atom. The molecule has 3 amide bonds. The van der Waals surface area contributed by atoms with E-state index in [9.17, 15) is 14.7 Å². The van der Waals surface area contributed by atoms with Crippen molar-refractivity contribution in [3.05, 3.63) is 53.6 Å². The van der Waals surface area contributed by atoms with E-state index < -0.39 is 18.0 Å². The Bertz CT molecular complexity index is 872. The van der Waals surface area contributed by atoms with Crippen LogP contribution in [0.5, 0.6) is 11.5 Å². The van der Waals surface area contributed by atoms with Gasteiger partial charge in [0.2, 0.25) is 0 Å². The fourth-order valence-corrected chi connectivity index (χ4v) is 2.55. The number of imide groups is 1. The maximum Gasteiger partial charge on any atom is 0.329 e. The number of ether oxygens (including phenoxy) is 1. The molecule has 1 aliphatic heterocycles. The standard InChI is InChI=1S/C17H13N3O4/c1-24-14-6-5-11(8-13(14)21)15-16(22)20(17(23)19-15)12-4-2-3-10(7-12)9-18/h2-8,15,21H,1H3,(H,19,23)/t15-/m1/s1. The molecule has 7 nitrogen and oxygen atoms in total. The van der Waals surface area contributed by atoms with Gasteiger partial charge in [0.25, 0.3) is 5.91 Å². The largest absolute Gasteiger partial charge is 0.504 e. The number of methoxy groups -OCH3 is 1. The van der Waals surface area contributed by atoms with Crippen LogP contribution in [0.2, 0.25) is 0 Å². The number of nitrogens with zero attached hydrogens (tertiary/aromatic N) is 2. The fourth-order valence-electron chi connectivity index (χ4n) is 2.55. The van der Waals surface area contributed by atoms with Crippen LogP contribution in [-0.4, -0.2) is 24.2 Å². The molecule has 1 atom stereocenters. The second-order valence-electron chi connectivity index (χ2n) is 5.15. The van der Waals surface area contributed by atoms with Gasteiger partial charge in [-0.1, -0.05) is 12.1 Å². The highest BCUT2D eigenvalue weighted by Crippen LogP contribution is 2.32. The zero-order chi connectivity index (χ0) is 17.3. The number of carbonyl (C=O) groups excluding carboxylic acids is 2. The summed E-state index contributed by atoms with van der Waals surface area (Å²) < 4.78 is 4.96. The maximum atomic E-state index is 12.6. The van der Waals surface area contributed by atoms with Gasteiger partial charge in [0.15, 0.2) is 11.5 Å². The van der Waals surface area contributed by atoms with E-state index in [0.717, 1.165) is 4.90 Å². The van der Waals surface area contributed by atoms with Crippen molar-refractivity contribution in [3.8, 4) is 17.6 Å². The number of carbonyl (C=O) groups is 2. The van der Waals surface area contributed by atoms with Crippen LogP contribution in [0.25, 0.3) is 0 Å². The molecule has 0 aliphatic carbocycles. The van der Waals surface area contributed by atoms with E-state index in [-0.39, 0.29) is 11.5 Å². The van der Waals surface area contributed by atoms with Gasteiger partial charge in [0, 0.05) is 0 Å². The minimum Gasteiger partial charge on any atom is -0.504 e. The number of phenolic OH excluding ortho intramolecular Hbond substituents is 1. The van der Waals surface area contributed by atoms with Crippen LogP contribution in [0, 0.1) is 11.3 Å². The van der Waals surface area contributed by atoms with Gasteiger partial charge >= 0.3 is 6.03 Å². The molecule has 0 spiro atoms. The first-order chi connectivity index (χ1) is 11.5. The highest BCUT2D eigenvalue weighted by atomic mass is 16.5. The Balaban J connectivity index is 1.94. The number of benzene rings is 2. The lowest BCUT2D eigenvalue weighted by Crippen LogP contribution is -2.30. The van der Waals surface area contributed by atoms with Crippen molar-refractivity contribution in [2.45, 2.75) is 6.04 Å². The Morgan fingerprint density at radius 1 is 1.25 bits per heavy atom. The lowest BCUT2D eigenvalue weighted by Gasteiger charge is -2.13. The summed E-state index contributed by atoms with van der Waals surface area (Å²) in [7, 11) is 1.42. The van der Waals surface area contributed by atoms with E-state index in [2.05, 4.69) is 5.32 Å². The van der Waals surface area contributed by atoms with Gasteiger partial charge in [-0.3, -0.25) is 4.79 Å². The molecule has 3 rings (SSSR count). The zero-order valence-electron chi connectivity index (χ0n) is 12.7. The van der Waals surface area contributed by atoms with E-state index in [0.29, 0.717) is 16.8 Å². The van der Waals surface area contributed by atoms with Gasteiger partial charge in [-0.25, -0.2) is 9.69 Å². The normalized spacial score (nSPS) is 16.7. The predicted octanol–water partition coefficient (Wildman–Crippen LogP) is 2.07. The van der Waals surface area contributed by atoms with Crippen molar-refractivity contribution in [2.75, 3.05) is 12.0 Å². The van der Waals surface area contributed by atoms with Crippen LogP contribution in [0.1, 0.15) is 17.2 Å². The minimum absolute atomic E-state index is 0.123. The van der Waals surface area contributed by atoms with E-state index in [1.54, 1.807) is 24.3 Å². The van der Waals surface area contributed by atoms with E-state index in [4.69, 9.17) is 10.00 Å². The average molecular weight is 323 g/mol. The monoisotopic (exact) mass is 323 g/mol. The molecule has 0 radical (unpaired) electrons. The third kappa shape index (κ3) is 2.50. The summed E-state index contributed by atoms with van der Waals surface area (Å²) in [5, 5.41) is 21.4. The Morgan fingerprint density at radius 2 is 2.04 bits per heavy atom. The van der Waals surface area contributed by atoms with Gasteiger partial charge in [0.05, 0.1) is 24.4 Å². The van der Waals surface area contributed by atoms with Crippen LogP contribution in [0.15, 0.2) is 42.5 Å². The molecule has 120 valence electrons. The average Bonchev–Trinajstić information content (AvgIpc) is 2.89. The van der Waals surface area contributed by atoms with Gasteiger partial charge < -0.3 is 15.2 Å². The lowest BCUT2D eigenvalue weighted by molar-refractivity contribution is -0.118. The number of nitriles is 1. The zero-order valence-corrected chi connectivity index (χ0v) is 12.7. The summed E-state index contributed by atoms with van der Waals surface area (Å²) in [6.45, 7) is 0. The van der Waals surface area contributed by atoms with Crippen molar-refractivity contribution < 1.29 is 19.4 Å². The molecule has 0 bridgehead atoms. The molecular weight excluding hydrogens is 310 g/mol. The number of aromatic hydroxyl groups is 1. The highest BCUT2D eigenvalue weighted by molar-refractivity contribution is 6.21. The van der Waals surface area contributed by atoms with Crippen molar-refractivity contribution in [3.63, 3.8) is 0 Å². The lowest BCUT2D eigenvalue weighted by atomic mass is 10.1. The number of phenols is 1. The minimum atomic E-state index is -0.917. The second kappa shape index (κ2) is 5.93. The Kier molecular flexibility index (Phi) is 3.80. The number of urea groups is 1. The van der Waals surface area contributed by atoms with E-state index in [1.807, 2.05) is 6.07 Å². The molecule has 0 aromatic heterocycles.